The number of aromatic nitrogens is 1. The molecule has 3 atom stereocenters. The fourth-order valence-electron chi connectivity index (χ4n) is 3.60. The van der Waals surface area contributed by atoms with Crippen molar-refractivity contribution in [2.45, 2.75) is 63.8 Å². The summed E-state index contributed by atoms with van der Waals surface area (Å²) >= 11 is 0. The van der Waals surface area contributed by atoms with Crippen LogP contribution in [0.2, 0.25) is 0 Å². The molecule has 0 saturated carbocycles. The molecule has 7 nitrogen and oxygen atoms in total. The lowest BCUT2D eigenvalue weighted by Gasteiger charge is -2.24. The standard InChI is InChI=1S/C19H30N4O3/c1-19(2,3)26-18(24)22-15-10-23(11-16(15)25-4)17-8-5-12-9-13(20)6-7-14(12)21-17/h5,8,13,15-16H,6-7,9-11,20H2,1-4H3,(H,22,24)/t13-,15-,16-/m0/s1. The van der Waals surface area contributed by atoms with E-state index in [-0.39, 0.29) is 18.2 Å². The summed E-state index contributed by atoms with van der Waals surface area (Å²) in [5.41, 5.74) is 7.91. The molecule has 3 rings (SSSR count). The molecule has 26 heavy (non-hydrogen) atoms. The van der Waals surface area contributed by atoms with Crippen LogP contribution in [0.1, 0.15) is 38.4 Å². The highest BCUT2D eigenvalue weighted by Crippen LogP contribution is 2.25. The number of hydrogen-bond acceptors (Lipinski definition) is 6. The van der Waals surface area contributed by atoms with Crippen LogP contribution >= 0.6 is 0 Å². The van der Waals surface area contributed by atoms with Crippen molar-refractivity contribution >= 4 is 11.9 Å². The van der Waals surface area contributed by atoms with Crippen LogP contribution in [0, 0.1) is 0 Å². The molecule has 1 saturated heterocycles. The molecule has 1 fully saturated rings. The number of nitrogens with one attached hydrogen (secondary N) is 1. The Balaban J connectivity index is 1.68. The molecule has 3 N–H and O–H groups in total. The molecule has 144 valence electrons. The maximum atomic E-state index is 12.1. The Morgan fingerprint density at radius 2 is 2.12 bits per heavy atom. The van der Waals surface area contributed by atoms with Crippen LogP contribution in [0.25, 0.3) is 0 Å². The predicted octanol–water partition coefficient (Wildman–Crippen LogP) is 1.63. The number of rotatable bonds is 3. The number of hydrogen-bond donors (Lipinski definition) is 2. The van der Waals surface area contributed by atoms with Gasteiger partial charge in [-0.1, -0.05) is 6.07 Å². The van der Waals surface area contributed by atoms with Crippen molar-refractivity contribution < 1.29 is 14.3 Å². The van der Waals surface area contributed by atoms with E-state index in [9.17, 15) is 4.79 Å². The van der Waals surface area contributed by atoms with Gasteiger partial charge in [-0.25, -0.2) is 9.78 Å². The highest BCUT2D eigenvalue weighted by Gasteiger charge is 2.36. The molecule has 0 spiro atoms. The zero-order valence-electron chi connectivity index (χ0n) is 16.1. The number of carbonyl (C=O) groups is 1. The third-order valence-corrected chi connectivity index (χ3v) is 4.88. The number of aryl methyl sites for hydroxylation is 1. The summed E-state index contributed by atoms with van der Waals surface area (Å²) in [4.78, 5) is 19.1. The largest absolute Gasteiger partial charge is 0.444 e. The first-order valence-corrected chi connectivity index (χ1v) is 9.27. The molecule has 1 aromatic rings. The number of alkyl carbamates (subject to hydrolysis) is 1. The van der Waals surface area contributed by atoms with E-state index in [0.717, 1.165) is 30.8 Å². The minimum Gasteiger partial charge on any atom is -0.444 e. The van der Waals surface area contributed by atoms with Crippen LogP contribution in [0.5, 0.6) is 0 Å². The van der Waals surface area contributed by atoms with E-state index in [0.29, 0.717) is 13.1 Å². The van der Waals surface area contributed by atoms with Crippen molar-refractivity contribution in [2.75, 3.05) is 25.1 Å². The van der Waals surface area contributed by atoms with E-state index in [1.54, 1.807) is 7.11 Å². The van der Waals surface area contributed by atoms with Crippen LogP contribution < -0.4 is 16.0 Å². The number of ether oxygens (including phenoxy) is 2. The van der Waals surface area contributed by atoms with Gasteiger partial charge in [-0.3, -0.25) is 0 Å². The van der Waals surface area contributed by atoms with Gasteiger partial charge in [0, 0.05) is 31.9 Å². The fourth-order valence-corrected chi connectivity index (χ4v) is 3.60. The molecule has 1 amide bonds. The highest BCUT2D eigenvalue weighted by atomic mass is 16.6. The van der Waals surface area contributed by atoms with Crippen molar-refractivity contribution in [1.29, 1.82) is 0 Å². The van der Waals surface area contributed by atoms with Crippen molar-refractivity contribution in [2.24, 2.45) is 5.73 Å². The zero-order chi connectivity index (χ0) is 18.9. The predicted molar refractivity (Wildman–Crippen MR) is 100 cm³/mol. The normalized spacial score (nSPS) is 25.7. The number of methoxy groups -OCH3 is 1. The monoisotopic (exact) mass is 362 g/mol. The van der Waals surface area contributed by atoms with Crippen LogP contribution in [0.4, 0.5) is 10.6 Å². The topological polar surface area (TPSA) is 89.7 Å². The van der Waals surface area contributed by atoms with E-state index in [1.807, 2.05) is 26.8 Å². The van der Waals surface area contributed by atoms with Crippen molar-refractivity contribution in [1.82, 2.24) is 10.3 Å². The molecule has 1 aliphatic carbocycles. The van der Waals surface area contributed by atoms with Crippen LogP contribution in [-0.4, -0.2) is 55.1 Å². The average Bonchev–Trinajstić information content (AvgIpc) is 2.95. The SMILES string of the molecule is CO[C@H]1CN(c2ccc3c(n2)CC[C@H](N)C3)C[C@@H]1NC(=O)OC(C)(C)C. The van der Waals surface area contributed by atoms with Crippen molar-refractivity contribution in [3.8, 4) is 0 Å². The molecule has 0 unspecified atom stereocenters. The second-order valence-electron chi connectivity index (χ2n) is 8.21. The second-order valence-corrected chi connectivity index (χ2v) is 8.21. The quantitative estimate of drug-likeness (QED) is 0.849. The minimum atomic E-state index is -0.522. The van der Waals surface area contributed by atoms with Crippen LogP contribution in [0.15, 0.2) is 12.1 Å². The number of nitrogens with zero attached hydrogens (tertiary/aromatic N) is 2. The van der Waals surface area contributed by atoms with Gasteiger partial charge in [-0.2, -0.15) is 0 Å². The van der Waals surface area contributed by atoms with Crippen LogP contribution in [-0.2, 0) is 22.3 Å². The second kappa shape index (κ2) is 7.40. The summed E-state index contributed by atoms with van der Waals surface area (Å²) in [5, 5.41) is 2.93. The molecular weight excluding hydrogens is 332 g/mol. The molecule has 0 radical (unpaired) electrons. The Morgan fingerprint density at radius 1 is 1.35 bits per heavy atom. The molecule has 2 heterocycles. The highest BCUT2D eigenvalue weighted by molar-refractivity contribution is 5.68. The third kappa shape index (κ3) is 4.45. The molecule has 1 aromatic heterocycles. The summed E-state index contributed by atoms with van der Waals surface area (Å²) in [6, 6.07) is 4.27. The van der Waals surface area contributed by atoms with Gasteiger partial charge in [0.1, 0.15) is 11.4 Å². The lowest BCUT2D eigenvalue weighted by Crippen LogP contribution is -2.45. The number of fused-ring (bicyclic) bond motifs is 1. The minimum absolute atomic E-state index is 0.103. The van der Waals surface area contributed by atoms with Gasteiger partial charge in [-0.05, 0) is 51.7 Å². The Morgan fingerprint density at radius 3 is 2.81 bits per heavy atom. The average molecular weight is 362 g/mol. The lowest BCUT2D eigenvalue weighted by molar-refractivity contribution is 0.0417. The number of amides is 1. The van der Waals surface area contributed by atoms with Crippen molar-refractivity contribution in [3.05, 3.63) is 23.4 Å². The summed E-state index contributed by atoms with van der Waals surface area (Å²) in [5.74, 6) is 0.926. The van der Waals surface area contributed by atoms with Gasteiger partial charge >= 0.3 is 6.09 Å². The molecular formula is C19H30N4O3. The zero-order valence-corrected chi connectivity index (χ0v) is 16.1. The summed E-state index contributed by atoms with van der Waals surface area (Å²) in [7, 11) is 1.67. The van der Waals surface area contributed by atoms with E-state index >= 15 is 0 Å². The number of nitrogens with two attached hydrogens (primary N) is 1. The van der Waals surface area contributed by atoms with Crippen LogP contribution in [0.3, 0.4) is 0 Å². The van der Waals surface area contributed by atoms with E-state index < -0.39 is 11.7 Å². The number of pyridine rings is 1. The van der Waals surface area contributed by atoms with Gasteiger partial charge in [0.2, 0.25) is 0 Å². The van der Waals surface area contributed by atoms with Crippen molar-refractivity contribution in [3.63, 3.8) is 0 Å². The van der Waals surface area contributed by atoms with Gasteiger partial charge < -0.3 is 25.4 Å². The summed E-state index contributed by atoms with van der Waals surface area (Å²) < 4.78 is 10.9. The number of anilines is 1. The molecule has 0 bridgehead atoms. The molecule has 2 aliphatic rings. The summed E-state index contributed by atoms with van der Waals surface area (Å²) in [6.07, 6.45) is 2.28. The first kappa shape index (κ1) is 18.9. The Hall–Kier alpha value is -1.86. The van der Waals surface area contributed by atoms with E-state index in [1.165, 1.54) is 5.56 Å². The van der Waals surface area contributed by atoms with Gasteiger partial charge in [0.15, 0.2) is 0 Å². The number of carbonyl (C=O) groups excluding carboxylic acids is 1. The molecule has 0 aromatic carbocycles. The fraction of sp³-hybridized carbons (Fsp3) is 0.684. The summed E-state index contributed by atoms with van der Waals surface area (Å²) in [6.45, 7) is 6.88. The van der Waals surface area contributed by atoms with Gasteiger partial charge in [0.05, 0.1) is 12.1 Å². The molecule has 7 heteroatoms. The van der Waals surface area contributed by atoms with E-state index in [4.69, 9.17) is 20.2 Å². The Kier molecular flexibility index (Phi) is 5.39. The Labute approximate surface area is 155 Å². The maximum absolute atomic E-state index is 12.1. The molecule has 1 aliphatic heterocycles. The smallest absolute Gasteiger partial charge is 0.408 e. The van der Waals surface area contributed by atoms with Gasteiger partial charge in [0.25, 0.3) is 0 Å². The third-order valence-electron chi connectivity index (χ3n) is 4.88. The first-order valence-electron chi connectivity index (χ1n) is 9.27. The van der Waals surface area contributed by atoms with E-state index in [2.05, 4.69) is 16.3 Å². The first-order chi connectivity index (χ1) is 12.2. The van der Waals surface area contributed by atoms with Gasteiger partial charge in [-0.15, -0.1) is 0 Å². The Bertz CT molecular complexity index is 659. The maximum Gasteiger partial charge on any atom is 0.408 e. The lowest BCUT2D eigenvalue weighted by atomic mass is 9.92.